The largest absolute Gasteiger partial charge is 0.349 e. The van der Waals surface area contributed by atoms with E-state index in [1.165, 1.54) is 0 Å². The molecular weight excluding hydrogens is 165 g/mol. The van der Waals surface area contributed by atoms with Gasteiger partial charge in [0.05, 0.1) is 5.70 Å². The van der Waals surface area contributed by atoms with Crippen molar-refractivity contribution in [2.75, 3.05) is 7.05 Å². The van der Waals surface area contributed by atoms with Gasteiger partial charge in [-0.15, -0.1) is 0 Å². The fraction of sp³-hybridized carbons (Fsp3) is 0.455. The average molecular weight is 181 g/mol. The highest BCUT2D eigenvalue weighted by atomic mass is 19.1. The fourth-order valence-corrected chi connectivity index (χ4v) is 1.12. The van der Waals surface area contributed by atoms with Crippen molar-refractivity contribution in [1.82, 2.24) is 4.90 Å². The number of allylic oxidation sites excluding steroid dienone is 3. The number of likely N-dealkylation sites (N-methyl/N-ethyl adjacent to an activating group) is 1. The van der Waals surface area contributed by atoms with E-state index in [0.717, 1.165) is 5.57 Å². The van der Waals surface area contributed by atoms with Crippen molar-refractivity contribution in [1.29, 1.82) is 0 Å². The second-order valence-electron chi connectivity index (χ2n) is 4.38. The predicted molar refractivity (Wildman–Crippen MR) is 53.6 cm³/mol. The molecule has 0 aromatic rings. The Hall–Kier alpha value is -1.05. The first-order valence-electron chi connectivity index (χ1n) is 4.34. The van der Waals surface area contributed by atoms with Crippen LogP contribution in [0.1, 0.15) is 20.8 Å². The van der Waals surface area contributed by atoms with E-state index in [-0.39, 0.29) is 11.2 Å². The van der Waals surface area contributed by atoms with Gasteiger partial charge in [-0.2, -0.15) is 0 Å². The molecule has 0 spiro atoms. The van der Waals surface area contributed by atoms with Gasteiger partial charge in [0.2, 0.25) is 0 Å². The Morgan fingerprint density at radius 2 is 1.92 bits per heavy atom. The van der Waals surface area contributed by atoms with Gasteiger partial charge in [-0.1, -0.05) is 27.4 Å². The molecule has 0 N–H and O–H groups in total. The second-order valence-corrected chi connectivity index (χ2v) is 4.38. The standard InChI is InChI=1S/C11H16FN/c1-8-10(12)6-9(7-13(8)5)11(2,3)4/h6-7H,1H2,2-5H3. The summed E-state index contributed by atoms with van der Waals surface area (Å²) in [6, 6.07) is 0. The minimum absolute atomic E-state index is 0.0215. The highest BCUT2D eigenvalue weighted by molar-refractivity contribution is 5.38. The maximum Gasteiger partial charge on any atom is 0.146 e. The normalized spacial score (nSPS) is 18.5. The lowest BCUT2D eigenvalue weighted by molar-refractivity contribution is 0.454. The molecule has 0 unspecified atom stereocenters. The molecule has 0 fully saturated rings. The first-order chi connectivity index (χ1) is 5.82. The van der Waals surface area contributed by atoms with Crippen LogP contribution in [0.3, 0.4) is 0 Å². The first kappa shape index (κ1) is 10.0. The summed E-state index contributed by atoms with van der Waals surface area (Å²) in [5.74, 6) is -0.241. The summed E-state index contributed by atoms with van der Waals surface area (Å²) in [7, 11) is 1.81. The topological polar surface area (TPSA) is 3.24 Å². The molecule has 0 saturated carbocycles. The van der Waals surface area contributed by atoms with E-state index in [1.807, 2.05) is 6.20 Å². The number of hydrogen-bond donors (Lipinski definition) is 0. The number of hydrogen-bond acceptors (Lipinski definition) is 1. The number of rotatable bonds is 0. The SMILES string of the molecule is C=C1C(F)=CC(C(C)(C)C)=CN1C. The van der Waals surface area contributed by atoms with E-state index in [1.54, 1.807) is 18.0 Å². The van der Waals surface area contributed by atoms with Crippen molar-refractivity contribution in [3.8, 4) is 0 Å². The van der Waals surface area contributed by atoms with E-state index in [4.69, 9.17) is 0 Å². The van der Waals surface area contributed by atoms with Gasteiger partial charge in [-0.3, -0.25) is 0 Å². The van der Waals surface area contributed by atoms with Crippen molar-refractivity contribution in [2.24, 2.45) is 5.41 Å². The molecule has 0 aromatic carbocycles. The lowest BCUT2D eigenvalue weighted by Crippen LogP contribution is -2.19. The summed E-state index contributed by atoms with van der Waals surface area (Å²) < 4.78 is 13.3. The highest BCUT2D eigenvalue weighted by Gasteiger charge is 2.21. The molecule has 1 heterocycles. The smallest absolute Gasteiger partial charge is 0.146 e. The molecule has 0 radical (unpaired) electrons. The molecule has 0 atom stereocenters. The zero-order valence-corrected chi connectivity index (χ0v) is 8.69. The zero-order valence-electron chi connectivity index (χ0n) is 8.69. The molecule has 1 nitrogen and oxygen atoms in total. The third-order valence-electron chi connectivity index (χ3n) is 2.18. The summed E-state index contributed by atoms with van der Waals surface area (Å²) in [5, 5.41) is 0. The summed E-state index contributed by atoms with van der Waals surface area (Å²) in [6.45, 7) is 9.81. The summed E-state index contributed by atoms with van der Waals surface area (Å²) in [5.41, 5.74) is 1.39. The third-order valence-corrected chi connectivity index (χ3v) is 2.18. The van der Waals surface area contributed by atoms with Gasteiger partial charge in [-0.25, -0.2) is 4.39 Å². The molecule has 1 aliphatic rings. The van der Waals surface area contributed by atoms with Gasteiger partial charge in [0.1, 0.15) is 5.83 Å². The Balaban J connectivity index is 3.05. The minimum Gasteiger partial charge on any atom is -0.349 e. The van der Waals surface area contributed by atoms with Gasteiger partial charge >= 0.3 is 0 Å². The average Bonchev–Trinajstić information content (AvgIpc) is 1.97. The maximum absolute atomic E-state index is 13.3. The zero-order chi connectivity index (χ0) is 10.2. The van der Waals surface area contributed by atoms with Crippen molar-refractivity contribution in [3.63, 3.8) is 0 Å². The van der Waals surface area contributed by atoms with Crippen LogP contribution in [0.25, 0.3) is 0 Å². The quantitative estimate of drug-likeness (QED) is 0.554. The third kappa shape index (κ3) is 2.00. The van der Waals surface area contributed by atoms with Gasteiger partial charge in [0.15, 0.2) is 0 Å². The van der Waals surface area contributed by atoms with Crippen molar-refractivity contribution in [3.05, 3.63) is 36.0 Å². The molecule has 2 heteroatoms. The van der Waals surface area contributed by atoms with Crippen LogP contribution in [0.5, 0.6) is 0 Å². The molecule has 0 bridgehead atoms. The Morgan fingerprint density at radius 1 is 1.38 bits per heavy atom. The van der Waals surface area contributed by atoms with Crippen LogP contribution in [-0.4, -0.2) is 11.9 Å². The maximum atomic E-state index is 13.3. The van der Waals surface area contributed by atoms with E-state index >= 15 is 0 Å². The van der Waals surface area contributed by atoms with Crippen LogP contribution in [0.4, 0.5) is 4.39 Å². The van der Waals surface area contributed by atoms with Gasteiger partial charge in [-0.05, 0) is 17.1 Å². The highest BCUT2D eigenvalue weighted by Crippen LogP contribution is 2.33. The van der Waals surface area contributed by atoms with Crippen molar-refractivity contribution < 1.29 is 4.39 Å². The minimum atomic E-state index is -0.241. The first-order valence-corrected chi connectivity index (χ1v) is 4.34. The predicted octanol–water partition coefficient (Wildman–Crippen LogP) is 3.23. The molecule has 13 heavy (non-hydrogen) atoms. The Morgan fingerprint density at radius 3 is 2.31 bits per heavy atom. The van der Waals surface area contributed by atoms with Crippen LogP contribution in [0.2, 0.25) is 0 Å². The van der Waals surface area contributed by atoms with E-state index in [0.29, 0.717) is 5.70 Å². The fourth-order valence-electron chi connectivity index (χ4n) is 1.12. The monoisotopic (exact) mass is 181 g/mol. The molecule has 0 aliphatic carbocycles. The van der Waals surface area contributed by atoms with Crippen LogP contribution >= 0.6 is 0 Å². The molecule has 1 rings (SSSR count). The van der Waals surface area contributed by atoms with Crippen LogP contribution < -0.4 is 0 Å². The lowest BCUT2D eigenvalue weighted by atomic mass is 9.85. The van der Waals surface area contributed by atoms with Gasteiger partial charge < -0.3 is 4.90 Å². The van der Waals surface area contributed by atoms with E-state index in [2.05, 4.69) is 27.4 Å². The van der Waals surface area contributed by atoms with E-state index in [9.17, 15) is 4.39 Å². The number of halogens is 1. The molecule has 0 saturated heterocycles. The summed E-state index contributed by atoms with van der Waals surface area (Å²) >= 11 is 0. The Labute approximate surface area is 79.2 Å². The Bertz CT molecular complexity index is 292. The molecule has 1 aliphatic heterocycles. The molecule has 72 valence electrons. The Kier molecular flexibility index (Phi) is 2.33. The molecule has 0 amide bonds. The van der Waals surface area contributed by atoms with Crippen LogP contribution in [0, 0.1) is 5.41 Å². The van der Waals surface area contributed by atoms with Crippen LogP contribution in [0.15, 0.2) is 36.0 Å². The lowest BCUT2D eigenvalue weighted by Gasteiger charge is -2.28. The van der Waals surface area contributed by atoms with Gasteiger partial charge in [0, 0.05) is 13.2 Å². The van der Waals surface area contributed by atoms with Crippen LogP contribution in [-0.2, 0) is 0 Å². The van der Waals surface area contributed by atoms with E-state index < -0.39 is 0 Å². The summed E-state index contributed by atoms with van der Waals surface area (Å²) in [6.07, 6.45) is 3.48. The molecule has 0 aromatic heterocycles. The molecular formula is C11H16FN. The van der Waals surface area contributed by atoms with Crippen molar-refractivity contribution >= 4 is 0 Å². The number of nitrogens with zero attached hydrogens (tertiary/aromatic N) is 1. The van der Waals surface area contributed by atoms with Crippen molar-refractivity contribution in [2.45, 2.75) is 20.8 Å². The summed E-state index contributed by atoms with van der Waals surface area (Å²) in [4.78, 5) is 1.72. The second kappa shape index (κ2) is 3.02. The van der Waals surface area contributed by atoms with Gasteiger partial charge in [0.25, 0.3) is 0 Å².